The molecule has 6 nitrogen and oxygen atoms in total. The van der Waals surface area contributed by atoms with E-state index < -0.39 is 0 Å². The third-order valence-corrected chi connectivity index (χ3v) is 4.86. The highest BCUT2D eigenvalue weighted by molar-refractivity contribution is 5.29. The molecule has 4 rings (SSSR count). The number of rotatable bonds is 3. The van der Waals surface area contributed by atoms with E-state index in [2.05, 4.69) is 27.8 Å². The molecule has 0 spiro atoms. The van der Waals surface area contributed by atoms with E-state index in [4.69, 9.17) is 10.4 Å². The summed E-state index contributed by atoms with van der Waals surface area (Å²) in [6, 6.07) is 2.53. The minimum atomic E-state index is 0.395. The number of nitriles is 1. The number of aryl methyl sites for hydroxylation is 2. The van der Waals surface area contributed by atoms with E-state index in [-0.39, 0.29) is 0 Å². The molecule has 0 aromatic carbocycles. The van der Waals surface area contributed by atoms with Gasteiger partial charge in [-0.15, -0.1) is 0 Å². The second-order valence-electron chi connectivity index (χ2n) is 6.37. The summed E-state index contributed by atoms with van der Waals surface area (Å²) in [5.74, 6) is 0. The number of aromatic nitrogens is 4. The van der Waals surface area contributed by atoms with Crippen molar-refractivity contribution in [3.05, 3.63) is 34.9 Å². The van der Waals surface area contributed by atoms with Gasteiger partial charge in [-0.05, 0) is 31.2 Å². The summed E-state index contributed by atoms with van der Waals surface area (Å²) in [7, 11) is 2.07. The van der Waals surface area contributed by atoms with Crippen molar-refractivity contribution in [1.29, 1.82) is 5.26 Å². The maximum atomic E-state index is 8.87. The quantitative estimate of drug-likeness (QED) is 0.859. The average Bonchev–Trinajstić information content (AvgIpc) is 3.06. The molecule has 0 amide bonds. The predicted molar refractivity (Wildman–Crippen MR) is 81.1 cm³/mol. The number of hydrogen-bond acceptors (Lipinski definition) is 4. The van der Waals surface area contributed by atoms with Crippen molar-refractivity contribution in [2.24, 2.45) is 7.05 Å². The Bertz CT molecular complexity index is 728. The van der Waals surface area contributed by atoms with Crippen LogP contribution in [0.2, 0.25) is 0 Å². The van der Waals surface area contributed by atoms with Crippen LogP contribution in [0.4, 0.5) is 0 Å². The van der Waals surface area contributed by atoms with Crippen LogP contribution < -0.4 is 0 Å². The lowest BCUT2D eigenvalue weighted by Gasteiger charge is -2.39. The molecule has 0 saturated carbocycles. The van der Waals surface area contributed by atoms with E-state index in [0.29, 0.717) is 11.6 Å². The molecule has 1 aliphatic carbocycles. The molecule has 22 heavy (non-hydrogen) atoms. The van der Waals surface area contributed by atoms with E-state index in [0.717, 1.165) is 26.1 Å². The molecule has 2 aromatic heterocycles. The molecule has 6 heteroatoms. The lowest BCUT2D eigenvalue weighted by molar-refractivity contribution is 0.0879. The van der Waals surface area contributed by atoms with Gasteiger partial charge >= 0.3 is 0 Å². The molecule has 3 heterocycles. The van der Waals surface area contributed by atoms with Crippen molar-refractivity contribution in [3.63, 3.8) is 0 Å². The monoisotopic (exact) mass is 296 g/mol. The van der Waals surface area contributed by atoms with Crippen molar-refractivity contribution < 1.29 is 0 Å². The van der Waals surface area contributed by atoms with Gasteiger partial charge in [0, 0.05) is 32.9 Å². The zero-order valence-corrected chi connectivity index (χ0v) is 12.9. The minimum Gasteiger partial charge on any atom is -0.293 e. The van der Waals surface area contributed by atoms with Crippen LogP contribution in [0.15, 0.2) is 12.4 Å². The van der Waals surface area contributed by atoms with Crippen molar-refractivity contribution >= 4 is 0 Å². The van der Waals surface area contributed by atoms with Gasteiger partial charge in [-0.1, -0.05) is 0 Å². The number of hydrogen-bond donors (Lipinski definition) is 0. The van der Waals surface area contributed by atoms with Crippen LogP contribution in [0.3, 0.4) is 0 Å². The molecule has 2 aliphatic rings. The maximum absolute atomic E-state index is 8.87. The first-order valence-electron chi connectivity index (χ1n) is 7.95. The van der Waals surface area contributed by atoms with Crippen molar-refractivity contribution in [2.45, 2.75) is 38.3 Å². The largest absolute Gasteiger partial charge is 0.293 e. The maximum Gasteiger partial charge on any atom is 0.102 e. The summed E-state index contributed by atoms with van der Waals surface area (Å²) in [4.78, 5) is 2.43. The first kappa shape index (κ1) is 13.5. The lowest BCUT2D eigenvalue weighted by atomic mass is 9.95. The van der Waals surface area contributed by atoms with Crippen molar-refractivity contribution in [2.75, 3.05) is 13.1 Å². The van der Waals surface area contributed by atoms with Gasteiger partial charge in [0.1, 0.15) is 6.07 Å². The van der Waals surface area contributed by atoms with Gasteiger partial charge in [0.2, 0.25) is 0 Å². The standard InChI is InChI=1S/C16H20N6/c1-20-16(14-4-2-3-5-15(14)19-20)11-21-9-13(10-21)22-8-12(6-17)7-18-22/h7-8,13H,2-5,9-11H2,1H3. The molecule has 0 radical (unpaired) electrons. The van der Waals surface area contributed by atoms with Gasteiger partial charge in [0.15, 0.2) is 0 Å². The fraction of sp³-hybridized carbons (Fsp3) is 0.562. The second-order valence-corrected chi connectivity index (χ2v) is 6.37. The van der Waals surface area contributed by atoms with Crippen LogP contribution in [0.25, 0.3) is 0 Å². The molecule has 1 saturated heterocycles. The fourth-order valence-corrected chi connectivity index (χ4v) is 3.59. The van der Waals surface area contributed by atoms with Gasteiger partial charge in [0.05, 0.1) is 29.2 Å². The Morgan fingerprint density at radius 1 is 1.32 bits per heavy atom. The lowest BCUT2D eigenvalue weighted by Crippen LogP contribution is -2.47. The van der Waals surface area contributed by atoms with Gasteiger partial charge in [-0.25, -0.2) is 0 Å². The first-order valence-corrected chi connectivity index (χ1v) is 7.95. The first-order chi connectivity index (χ1) is 10.7. The summed E-state index contributed by atoms with van der Waals surface area (Å²) in [6.07, 6.45) is 8.36. The molecule has 0 N–H and O–H groups in total. The normalized spacial score (nSPS) is 18.7. The molecule has 0 unspecified atom stereocenters. The Morgan fingerprint density at radius 3 is 2.91 bits per heavy atom. The number of fused-ring (bicyclic) bond motifs is 1. The zero-order chi connectivity index (χ0) is 15.1. The Balaban J connectivity index is 1.42. The number of nitrogens with zero attached hydrogens (tertiary/aromatic N) is 6. The molecule has 2 aromatic rings. The van der Waals surface area contributed by atoms with E-state index in [1.165, 1.54) is 36.2 Å². The van der Waals surface area contributed by atoms with E-state index >= 15 is 0 Å². The summed E-state index contributed by atoms with van der Waals surface area (Å²) in [6.45, 7) is 2.96. The average molecular weight is 296 g/mol. The van der Waals surface area contributed by atoms with E-state index in [1.54, 1.807) is 6.20 Å². The van der Waals surface area contributed by atoms with Crippen LogP contribution in [0.1, 0.15) is 41.4 Å². The molecule has 0 bridgehead atoms. The number of likely N-dealkylation sites (tertiary alicyclic amines) is 1. The molecule has 0 atom stereocenters. The van der Waals surface area contributed by atoms with E-state index in [1.807, 2.05) is 10.9 Å². The highest BCUT2D eigenvalue weighted by Gasteiger charge is 2.31. The Morgan fingerprint density at radius 2 is 2.14 bits per heavy atom. The van der Waals surface area contributed by atoms with Crippen LogP contribution in [-0.2, 0) is 26.4 Å². The summed E-state index contributed by atoms with van der Waals surface area (Å²) < 4.78 is 4.00. The van der Waals surface area contributed by atoms with Crippen LogP contribution in [0.5, 0.6) is 0 Å². The topological polar surface area (TPSA) is 62.7 Å². The molecular weight excluding hydrogens is 276 g/mol. The van der Waals surface area contributed by atoms with Crippen molar-refractivity contribution in [3.8, 4) is 6.07 Å². The predicted octanol–water partition coefficient (Wildman–Crippen LogP) is 1.42. The highest BCUT2D eigenvalue weighted by atomic mass is 15.4. The zero-order valence-electron chi connectivity index (χ0n) is 12.9. The smallest absolute Gasteiger partial charge is 0.102 e. The summed E-state index contributed by atoms with van der Waals surface area (Å²) in [5, 5.41) is 17.8. The van der Waals surface area contributed by atoms with E-state index in [9.17, 15) is 0 Å². The second kappa shape index (κ2) is 5.25. The molecule has 114 valence electrons. The summed E-state index contributed by atoms with van der Waals surface area (Å²) in [5.41, 5.74) is 4.82. The van der Waals surface area contributed by atoms with Crippen LogP contribution in [-0.4, -0.2) is 37.6 Å². The van der Waals surface area contributed by atoms with Gasteiger partial charge in [-0.3, -0.25) is 14.3 Å². The van der Waals surface area contributed by atoms with Crippen LogP contribution in [0, 0.1) is 11.3 Å². The van der Waals surface area contributed by atoms with Gasteiger partial charge in [0.25, 0.3) is 0 Å². The fourth-order valence-electron chi connectivity index (χ4n) is 3.59. The SMILES string of the molecule is Cn1nc2c(c1CN1CC(n3cc(C#N)cn3)C1)CCCC2. The Kier molecular flexibility index (Phi) is 3.23. The third kappa shape index (κ3) is 2.22. The Hall–Kier alpha value is -2.13. The summed E-state index contributed by atoms with van der Waals surface area (Å²) >= 11 is 0. The highest BCUT2D eigenvalue weighted by Crippen LogP contribution is 2.28. The van der Waals surface area contributed by atoms with Crippen molar-refractivity contribution in [1.82, 2.24) is 24.5 Å². The van der Waals surface area contributed by atoms with Crippen LogP contribution >= 0.6 is 0 Å². The Labute approximate surface area is 129 Å². The molecular formula is C16H20N6. The third-order valence-electron chi connectivity index (χ3n) is 4.86. The van der Waals surface area contributed by atoms with Gasteiger partial charge < -0.3 is 0 Å². The van der Waals surface area contributed by atoms with Gasteiger partial charge in [-0.2, -0.15) is 15.5 Å². The molecule has 1 fully saturated rings. The minimum absolute atomic E-state index is 0.395. The molecule has 1 aliphatic heterocycles.